The highest BCUT2D eigenvalue weighted by molar-refractivity contribution is 6.01. The van der Waals surface area contributed by atoms with E-state index in [4.69, 9.17) is 4.74 Å². The molecule has 1 aromatic carbocycles. The van der Waals surface area contributed by atoms with Gasteiger partial charge in [-0.25, -0.2) is 9.59 Å². The third-order valence-electron chi connectivity index (χ3n) is 5.26. The van der Waals surface area contributed by atoms with Gasteiger partial charge in [0, 0.05) is 31.1 Å². The van der Waals surface area contributed by atoms with Crippen LogP contribution in [0.2, 0.25) is 0 Å². The predicted molar refractivity (Wildman–Crippen MR) is 98.1 cm³/mol. The van der Waals surface area contributed by atoms with Crippen molar-refractivity contribution in [3.05, 3.63) is 36.0 Å². The van der Waals surface area contributed by atoms with Gasteiger partial charge in [0.25, 0.3) is 0 Å². The number of pyridine rings is 1. The number of aryl methyl sites for hydroxylation is 1. The smallest absolute Gasteiger partial charge is 0.407 e. The molecule has 0 radical (unpaired) electrons. The number of nitrogens with one attached hydrogen (secondary N) is 2. The number of fused-ring (bicyclic) bond motifs is 1. The number of carbonyl (C=O) groups is 2. The molecule has 2 aromatic rings. The summed E-state index contributed by atoms with van der Waals surface area (Å²) >= 11 is 0. The fourth-order valence-corrected chi connectivity index (χ4v) is 3.77. The molecule has 1 atom stereocenters. The van der Waals surface area contributed by atoms with Crippen LogP contribution in [-0.4, -0.2) is 47.2 Å². The maximum atomic E-state index is 12.8. The van der Waals surface area contributed by atoms with Crippen molar-refractivity contribution in [1.82, 2.24) is 15.2 Å². The van der Waals surface area contributed by atoms with Crippen LogP contribution in [0.25, 0.3) is 10.9 Å². The van der Waals surface area contributed by atoms with E-state index >= 15 is 0 Å². The number of urea groups is 1. The van der Waals surface area contributed by atoms with Gasteiger partial charge in [0.05, 0.1) is 17.7 Å². The molecule has 136 valence electrons. The van der Waals surface area contributed by atoms with Crippen molar-refractivity contribution in [3.8, 4) is 0 Å². The number of anilines is 1. The number of hydrogen-bond donors (Lipinski definition) is 2. The number of likely N-dealkylation sites (tertiary alicyclic amines) is 1. The molecule has 2 fully saturated rings. The van der Waals surface area contributed by atoms with Gasteiger partial charge in [-0.1, -0.05) is 6.07 Å². The Bertz CT molecular complexity index is 869. The Morgan fingerprint density at radius 2 is 2.19 bits per heavy atom. The number of benzene rings is 1. The summed E-state index contributed by atoms with van der Waals surface area (Å²) < 4.78 is 5.47. The van der Waals surface area contributed by atoms with Crippen LogP contribution in [0.3, 0.4) is 0 Å². The van der Waals surface area contributed by atoms with Crippen molar-refractivity contribution in [1.29, 1.82) is 0 Å². The van der Waals surface area contributed by atoms with Gasteiger partial charge in [-0.3, -0.25) is 4.98 Å². The Morgan fingerprint density at radius 1 is 1.31 bits per heavy atom. The number of rotatable bonds is 1. The van der Waals surface area contributed by atoms with Crippen molar-refractivity contribution in [3.63, 3.8) is 0 Å². The number of hydrogen-bond acceptors (Lipinski definition) is 4. The van der Waals surface area contributed by atoms with Crippen molar-refractivity contribution in [2.75, 3.05) is 25.0 Å². The first kappa shape index (κ1) is 16.6. The summed E-state index contributed by atoms with van der Waals surface area (Å²) in [7, 11) is 0. The summed E-state index contributed by atoms with van der Waals surface area (Å²) in [5, 5.41) is 6.68. The topological polar surface area (TPSA) is 83.6 Å². The molecule has 1 spiro atoms. The lowest BCUT2D eigenvalue weighted by atomic mass is 9.95. The van der Waals surface area contributed by atoms with E-state index in [9.17, 15) is 9.59 Å². The summed E-state index contributed by atoms with van der Waals surface area (Å²) in [6, 6.07) is 7.58. The lowest BCUT2D eigenvalue weighted by molar-refractivity contribution is 0.0454. The molecule has 2 saturated heterocycles. The molecule has 0 saturated carbocycles. The average molecular weight is 354 g/mol. The predicted octanol–water partition coefficient (Wildman–Crippen LogP) is 3.04. The van der Waals surface area contributed by atoms with E-state index < -0.39 is 5.60 Å². The van der Waals surface area contributed by atoms with Gasteiger partial charge < -0.3 is 20.3 Å². The van der Waals surface area contributed by atoms with Gasteiger partial charge in [-0.05, 0) is 43.5 Å². The van der Waals surface area contributed by atoms with Crippen LogP contribution in [0.5, 0.6) is 0 Å². The van der Waals surface area contributed by atoms with Crippen molar-refractivity contribution < 1.29 is 14.3 Å². The summed E-state index contributed by atoms with van der Waals surface area (Å²) in [6.07, 6.45) is 3.62. The van der Waals surface area contributed by atoms with Gasteiger partial charge >= 0.3 is 12.1 Å². The van der Waals surface area contributed by atoms with Crippen LogP contribution in [0.4, 0.5) is 15.3 Å². The molecule has 2 N–H and O–H groups in total. The maximum absolute atomic E-state index is 12.8. The summed E-state index contributed by atoms with van der Waals surface area (Å²) in [4.78, 5) is 30.4. The largest absolute Gasteiger partial charge is 0.441 e. The molecule has 7 nitrogen and oxygen atoms in total. The van der Waals surface area contributed by atoms with Gasteiger partial charge in [0.15, 0.2) is 0 Å². The second-order valence-corrected chi connectivity index (χ2v) is 7.03. The van der Waals surface area contributed by atoms with E-state index in [0.717, 1.165) is 35.0 Å². The fourth-order valence-electron chi connectivity index (χ4n) is 3.77. The Kier molecular flexibility index (Phi) is 4.14. The standard InChI is InChI=1S/C19H22N4O3/c1-13-5-6-15(14-4-2-9-20-16(13)14)22-17(24)23-10-3-7-19(8-11-23)12-21-18(25)26-19/h2,4-6,9H,3,7-8,10-12H2,1H3,(H,21,25)(H,22,24)/t19-/m1/s1. The fraction of sp³-hybridized carbons (Fsp3) is 0.421. The number of carbonyl (C=O) groups excluding carboxylic acids is 2. The number of amides is 3. The monoisotopic (exact) mass is 354 g/mol. The van der Waals surface area contributed by atoms with Gasteiger partial charge in [0.2, 0.25) is 0 Å². The van der Waals surface area contributed by atoms with E-state index in [0.29, 0.717) is 26.1 Å². The third kappa shape index (κ3) is 3.05. The van der Waals surface area contributed by atoms with Gasteiger partial charge in [0.1, 0.15) is 5.60 Å². The van der Waals surface area contributed by atoms with E-state index in [2.05, 4.69) is 15.6 Å². The summed E-state index contributed by atoms with van der Waals surface area (Å²) in [5.41, 5.74) is 2.26. The second-order valence-electron chi connectivity index (χ2n) is 7.03. The Hall–Kier alpha value is -2.83. The first-order valence-corrected chi connectivity index (χ1v) is 8.93. The molecule has 0 bridgehead atoms. The molecule has 4 rings (SSSR count). The molecule has 1 aromatic heterocycles. The van der Waals surface area contributed by atoms with Crippen LogP contribution < -0.4 is 10.6 Å². The molecular weight excluding hydrogens is 332 g/mol. The van der Waals surface area contributed by atoms with E-state index in [1.54, 1.807) is 11.1 Å². The van der Waals surface area contributed by atoms with Gasteiger partial charge in [-0.15, -0.1) is 0 Å². The SMILES string of the molecule is Cc1ccc(NC(=O)N2CCC[C@@]3(CC2)CNC(=O)O3)c2cccnc12. The minimum Gasteiger partial charge on any atom is -0.441 e. The second kappa shape index (κ2) is 6.48. The molecule has 2 aliphatic rings. The molecular formula is C19H22N4O3. The van der Waals surface area contributed by atoms with Crippen LogP contribution in [0, 0.1) is 6.92 Å². The minimum absolute atomic E-state index is 0.131. The number of nitrogens with zero attached hydrogens (tertiary/aromatic N) is 2. The molecule has 7 heteroatoms. The third-order valence-corrected chi connectivity index (χ3v) is 5.26. The van der Waals surface area contributed by atoms with E-state index in [1.807, 2.05) is 31.2 Å². The number of alkyl carbamates (subject to hydrolysis) is 1. The molecule has 0 unspecified atom stereocenters. The Balaban J connectivity index is 1.49. The zero-order valence-electron chi connectivity index (χ0n) is 14.7. The number of aromatic nitrogens is 1. The van der Waals surface area contributed by atoms with Crippen LogP contribution in [0.15, 0.2) is 30.5 Å². The molecule has 3 heterocycles. The molecule has 0 aliphatic carbocycles. The normalized spacial score (nSPS) is 22.8. The highest BCUT2D eigenvalue weighted by atomic mass is 16.6. The van der Waals surface area contributed by atoms with Crippen molar-refractivity contribution in [2.45, 2.75) is 31.8 Å². The zero-order chi connectivity index (χ0) is 18.1. The summed E-state index contributed by atoms with van der Waals surface area (Å²) in [5.74, 6) is 0. The van der Waals surface area contributed by atoms with Crippen LogP contribution in [0.1, 0.15) is 24.8 Å². The van der Waals surface area contributed by atoms with Crippen molar-refractivity contribution >= 4 is 28.7 Å². The highest BCUT2D eigenvalue weighted by Gasteiger charge is 2.41. The Labute approximate surface area is 151 Å². The molecule has 3 amide bonds. The maximum Gasteiger partial charge on any atom is 0.407 e. The highest BCUT2D eigenvalue weighted by Crippen LogP contribution is 2.30. The first-order valence-electron chi connectivity index (χ1n) is 8.93. The van der Waals surface area contributed by atoms with Crippen LogP contribution in [-0.2, 0) is 4.74 Å². The lowest BCUT2D eigenvalue weighted by Crippen LogP contribution is -2.38. The van der Waals surface area contributed by atoms with E-state index in [-0.39, 0.29) is 12.1 Å². The quantitative estimate of drug-likeness (QED) is 0.824. The lowest BCUT2D eigenvalue weighted by Gasteiger charge is -2.25. The Morgan fingerprint density at radius 3 is 3.00 bits per heavy atom. The zero-order valence-corrected chi connectivity index (χ0v) is 14.7. The van der Waals surface area contributed by atoms with E-state index in [1.165, 1.54) is 0 Å². The van der Waals surface area contributed by atoms with Gasteiger partial charge in [-0.2, -0.15) is 0 Å². The summed E-state index contributed by atoms with van der Waals surface area (Å²) in [6.45, 7) is 3.73. The van der Waals surface area contributed by atoms with Crippen LogP contribution >= 0.6 is 0 Å². The van der Waals surface area contributed by atoms with Crippen molar-refractivity contribution in [2.24, 2.45) is 0 Å². The number of ether oxygens (including phenoxy) is 1. The first-order chi connectivity index (χ1) is 12.6. The average Bonchev–Trinajstić information content (AvgIpc) is 2.88. The molecule has 2 aliphatic heterocycles. The minimum atomic E-state index is -0.466. The molecule has 26 heavy (non-hydrogen) atoms.